The summed E-state index contributed by atoms with van der Waals surface area (Å²) < 4.78 is 25.9. The molecule has 2 rings (SSSR count). The summed E-state index contributed by atoms with van der Waals surface area (Å²) in [5.74, 6) is -1.61. The van der Waals surface area contributed by atoms with E-state index in [0.29, 0.717) is 6.54 Å². The maximum atomic E-state index is 13.1. The molecule has 0 heterocycles. The lowest BCUT2D eigenvalue weighted by Gasteiger charge is -2.16. The Kier molecular flexibility index (Phi) is 4.27. The molecule has 0 bridgehead atoms. The van der Waals surface area contributed by atoms with E-state index >= 15 is 0 Å². The highest BCUT2D eigenvalue weighted by molar-refractivity contribution is 5.28. The molecule has 0 saturated heterocycles. The lowest BCUT2D eigenvalue weighted by Crippen LogP contribution is -2.19. The number of aryl methyl sites for hydroxylation is 1. The smallest absolute Gasteiger partial charge is 0.159 e. The minimum absolute atomic E-state index is 0.161. The molecule has 0 aliphatic heterocycles. The molecule has 19 heavy (non-hydrogen) atoms. The molecule has 1 unspecified atom stereocenters. The molecule has 0 spiro atoms. The van der Waals surface area contributed by atoms with Gasteiger partial charge in [0.15, 0.2) is 11.6 Å². The van der Waals surface area contributed by atoms with Gasteiger partial charge < -0.3 is 5.32 Å². The molecule has 0 aliphatic rings. The van der Waals surface area contributed by atoms with Crippen molar-refractivity contribution < 1.29 is 8.78 Å². The third-order valence-electron chi connectivity index (χ3n) is 3.25. The summed E-state index contributed by atoms with van der Waals surface area (Å²) in [6.45, 7) is 4.62. The Bertz CT molecular complexity index is 566. The van der Waals surface area contributed by atoms with Crippen molar-refractivity contribution in [3.05, 3.63) is 70.8 Å². The summed E-state index contributed by atoms with van der Waals surface area (Å²) >= 11 is 0. The van der Waals surface area contributed by atoms with Crippen LogP contribution in [0.1, 0.15) is 29.7 Å². The summed E-state index contributed by atoms with van der Waals surface area (Å²) in [4.78, 5) is 0. The van der Waals surface area contributed by atoms with Gasteiger partial charge in [-0.3, -0.25) is 0 Å². The lowest BCUT2D eigenvalue weighted by molar-refractivity contribution is 0.503. The van der Waals surface area contributed by atoms with Crippen molar-refractivity contribution in [2.24, 2.45) is 0 Å². The monoisotopic (exact) mass is 261 g/mol. The van der Waals surface area contributed by atoms with Crippen molar-refractivity contribution in [3.8, 4) is 0 Å². The lowest BCUT2D eigenvalue weighted by atomic mass is 10.0. The zero-order valence-corrected chi connectivity index (χ0v) is 11.1. The average Bonchev–Trinajstić information content (AvgIpc) is 2.40. The Hall–Kier alpha value is -1.74. The van der Waals surface area contributed by atoms with Gasteiger partial charge >= 0.3 is 0 Å². The van der Waals surface area contributed by atoms with Crippen molar-refractivity contribution in [3.63, 3.8) is 0 Å². The van der Waals surface area contributed by atoms with Gasteiger partial charge in [-0.1, -0.05) is 30.3 Å². The van der Waals surface area contributed by atoms with E-state index < -0.39 is 11.6 Å². The fraction of sp³-hybridized carbons (Fsp3) is 0.250. The minimum Gasteiger partial charge on any atom is -0.306 e. The summed E-state index contributed by atoms with van der Waals surface area (Å²) in [6.07, 6.45) is 0. The van der Waals surface area contributed by atoms with Crippen molar-refractivity contribution in [2.45, 2.75) is 26.4 Å². The summed E-state index contributed by atoms with van der Waals surface area (Å²) in [5, 5.41) is 3.31. The topological polar surface area (TPSA) is 12.0 Å². The molecule has 2 aromatic carbocycles. The highest BCUT2D eigenvalue weighted by Gasteiger charge is 2.08. The number of hydrogen-bond acceptors (Lipinski definition) is 1. The van der Waals surface area contributed by atoms with E-state index in [1.807, 2.05) is 12.1 Å². The number of benzene rings is 2. The van der Waals surface area contributed by atoms with Crippen molar-refractivity contribution in [2.75, 3.05) is 0 Å². The first-order chi connectivity index (χ1) is 9.08. The van der Waals surface area contributed by atoms with Gasteiger partial charge in [0.2, 0.25) is 0 Å². The van der Waals surface area contributed by atoms with Crippen LogP contribution in [0, 0.1) is 18.6 Å². The fourth-order valence-electron chi connectivity index (χ4n) is 2.10. The Morgan fingerprint density at radius 2 is 1.79 bits per heavy atom. The van der Waals surface area contributed by atoms with Crippen LogP contribution in [0.15, 0.2) is 42.5 Å². The van der Waals surface area contributed by atoms with Gasteiger partial charge in [0.05, 0.1) is 0 Å². The highest BCUT2D eigenvalue weighted by Crippen LogP contribution is 2.17. The van der Waals surface area contributed by atoms with Crippen LogP contribution in [0.5, 0.6) is 0 Å². The number of rotatable bonds is 4. The first kappa shape index (κ1) is 13.7. The van der Waals surface area contributed by atoms with Gasteiger partial charge in [-0.15, -0.1) is 0 Å². The van der Waals surface area contributed by atoms with E-state index in [0.717, 1.165) is 11.6 Å². The van der Waals surface area contributed by atoms with Gasteiger partial charge in [0.25, 0.3) is 0 Å². The molecular formula is C16H17F2N. The van der Waals surface area contributed by atoms with Crippen LogP contribution >= 0.6 is 0 Å². The second-order valence-electron chi connectivity index (χ2n) is 4.71. The van der Waals surface area contributed by atoms with Crippen LogP contribution in [-0.4, -0.2) is 0 Å². The van der Waals surface area contributed by atoms with Gasteiger partial charge in [0.1, 0.15) is 0 Å². The molecule has 3 heteroatoms. The van der Waals surface area contributed by atoms with E-state index in [1.54, 1.807) is 6.07 Å². The van der Waals surface area contributed by atoms with Gasteiger partial charge in [-0.05, 0) is 42.7 Å². The predicted octanol–water partition coefficient (Wildman–Crippen LogP) is 4.12. The number of nitrogens with one attached hydrogen (secondary N) is 1. The Morgan fingerprint density at radius 3 is 2.47 bits per heavy atom. The average molecular weight is 261 g/mol. The molecule has 100 valence electrons. The number of halogens is 2. The van der Waals surface area contributed by atoms with Crippen LogP contribution in [0.3, 0.4) is 0 Å². The quantitative estimate of drug-likeness (QED) is 0.872. The third kappa shape index (κ3) is 3.38. The molecule has 1 atom stereocenters. The molecule has 0 amide bonds. The molecule has 2 aromatic rings. The number of hydrogen-bond donors (Lipinski definition) is 1. The van der Waals surface area contributed by atoms with Crippen LogP contribution in [0.25, 0.3) is 0 Å². The van der Waals surface area contributed by atoms with E-state index in [9.17, 15) is 8.78 Å². The largest absolute Gasteiger partial charge is 0.306 e. The van der Waals surface area contributed by atoms with Gasteiger partial charge in [-0.2, -0.15) is 0 Å². The van der Waals surface area contributed by atoms with Gasteiger partial charge in [-0.25, -0.2) is 8.78 Å². The first-order valence-corrected chi connectivity index (χ1v) is 6.31. The summed E-state index contributed by atoms with van der Waals surface area (Å²) in [6, 6.07) is 12.3. The summed E-state index contributed by atoms with van der Waals surface area (Å²) in [5.41, 5.74) is 3.16. The standard InChI is InChI=1S/C16H17F2N/c1-11-5-3-4-6-14(11)12(2)19-10-13-7-8-15(17)16(18)9-13/h3-9,12,19H,10H2,1-2H3. The normalized spacial score (nSPS) is 12.4. The third-order valence-corrected chi connectivity index (χ3v) is 3.25. The second-order valence-corrected chi connectivity index (χ2v) is 4.71. The van der Waals surface area contributed by atoms with Crippen molar-refractivity contribution in [1.29, 1.82) is 0 Å². The first-order valence-electron chi connectivity index (χ1n) is 6.31. The Labute approximate surface area is 112 Å². The molecule has 0 fully saturated rings. The Morgan fingerprint density at radius 1 is 1.05 bits per heavy atom. The predicted molar refractivity (Wildman–Crippen MR) is 72.8 cm³/mol. The van der Waals surface area contributed by atoms with Gasteiger partial charge in [0, 0.05) is 12.6 Å². The van der Waals surface area contributed by atoms with E-state index in [-0.39, 0.29) is 6.04 Å². The van der Waals surface area contributed by atoms with Crippen LogP contribution in [0.2, 0.25) is 0 Å². The van der Waals surface area contributed by atoms with E-state index in [4.69, 9.17) is 0 Å². The highest BCUT2D eigenvalue weighted by atomic mass is 19.2. The van der Waals surface area contributed by atoms with Crippen molar-refractivity contribution in [1.82, 2.24) is 5.32 Å². The zero-order valence-electron chi connectivity index (χ0n) is 11.1. The SMILES string of the molecule is Cc1ccccc1C(C)NCc1ccc(F)c(F)c1. The Balaban J connectivity index is 2.02. The summed E-state index contributed by atoms with van der Waals surface area (Å²) in [7, 11) is 0. The van der Waals surface area contributed by atoms with E-state index in [2.05, 4.69) is 31.3 Å². The molecule has 0 aliphatic carbocycles. The second kappa shape index (κ2) is 5.93. The van der Waals surface area contributed by atoms with Crippen LogP contribution in [-0.2, 0) is 6.54 Å². The molecular weight excluding hydrogens is 244 g/mol. The molecule has 0 radical (unpaired) electrons. The molecule has 0 aromatic heterocycles. The molecule has 1 N–H and O–H groups in total. The van der Waals surface area contributed by atoms with E-state index in [1.165, 1.54) is 17.2 Å². The van der Waals surface area contributed by atoms with Crippen molar-refractivity contribution >= 4 is 0 Å². The molecule has 1 nitrogen and oxygen atoms in total. The van der Waals surface area contributed by atoms with Crippen LogP contribution < -0.4 is 5.32 Å². The maximum Gasteiger partial charge on any atom is 0.159 e. The zero-order chi connectivity index (χ0) is 13.8. The molecule has 0 saturated carbocycles. The maximum absolute atomic E-state index is 13.1. The minimum atomic E-state index is -0.810. The fourth-order valence-corrected chi connectivity index (χ4v) is 2.10. The van der Waals surface area contributed by atoms with Crippen LogP contribution in [0.4, 0.5) is 8.78 Å².